The molecule has 3 aromatic rings. The summed E-state index contributed by atoms with van der Waals surface area (Å²) < 4.78 is 0.809. The summed E-state index contributed by atoms with van der Waals surface area (Å²) in [6.45, 7) is 4.18. The van der Waals surface area contributed by atoms with Gasteiger partial charge in [-0.3, -0.25) is 9.69 Å². The molecule has 0 spiro atoms. The van der Waals surface area contributed by atoms with Crippen LogP contribution >= 0.6 is 23.1 Å². The first-order valence-electron chi connectivity index (χ1n) is 11.4. The fraction of sp³-hybridized carbons (Fsp3) is 0.259. The Hall–Kier alpha value is -3.41. The first kappa shape index (κ1) is 23.3. The van der Waals surface area contributed by atoms with Crippen molar-refractivity contribution in [3.05, 3.63) is 94.5 Å². The van der Waals surface area contributed by atoms with E-state index in [4.69, 9.17) is 5.73 Å². The molecular weight excluding hydrogens is 474 g/mol. The maximum Gasteiger partial charge on any atom is 0.219 e. The van der Waals surface area contributed by atoms with Gasteiger partial charge >= 0.3 is 0 Å². The van der Waals surface area contributed by atoms with Crippen LogP contribution in [0.5, 0.6) is 0 Å². The van der Waals surface area contributed by atoms with Crippen LogP contribution in [0, 0.1) is 16.7 Å². The molecule has 2 aromatic carbocycles. The van der Waals surface area contributed by atoms with E-state index in [0.717, 1.165) is 21.4 Å². The van der Waals surface area contributed by atoms with E-state index < -0.39 is 5.92 Å². The minimum absolute atomic E-state index is 0.0542. The van der Waals surface area contributed by atoms with E-state index in [2.05, 4.69) is 42.2 Å². The highest BCUT2D eigenvalue weighted by Crippen LogP contribution is 2.50. The fourth-order valence-electron chi connectivity index (χ4n) is 4.78. The number of ketones is 1. The average molecular weight is 500 g/mol. The molecule has 0 saturated carbocycles. The van der Waals surface area contributed by atoms with Gasteiger partial charge in [-0.1, -0.05) is 97.6 Å². The summed E-state index contributed by atoms with van der Waals surface area (Å²) in [6, 6.07) is 22.2. The minimum atomic E-state index is -0.476. The summed E-state index contributed by atoms with van der Waals surface area (Å²) in [7, 11) is 0. The molecule has 0 bridgehead atoms. The Morgan fingerprint density at radius 3 is 2.49 bits per heavy atom. The van der Waals surface area contributed by atoms with Crippen LogP contribution in [0.3, 0.4) is 0 Å². The van der Waals surface area contributed by atoms with Crippen LogP contribution in [0.15, 0.2) is 87.7 Å². The number of rotatable bonds is 5. The van der Waals surface area contributed by atoms with Crippen molar-refractivity contribution in [1.29, 1.82) is 5.26 Å². The first-order chi connectivity index (χ1) is 16.9. The standard InChI is InChI=1S/C27H25N5OS2/c1-27(2)13-20-23(21(33)14-27)22(18-11-7-4-8-12-18)19(15-28)24(29)32(20)25-30-31-26(35-25)34-16-17-9-5-3-6-10-17/h3-12,22H,13-14,16,29H2,1-2H3. The molecule has 1 unspecified atom stereocenters. The third-order valence-electron chi connectivity index (χ3n) is 6.31. The van der Waals surface area contributed by atoms with E-state index in [1.807, 2.05) is 48.5 Å². The quantitative estimate of drug-likeness (QED) is 0.445. The highest BCUT2D eigenvalue weighted by Gasteiger charge is 2.45. The number of nitrogens with zero attached hydrogens (tertiary/aromatic N) is 4. The van der Waals surface area contributed by atoms with Crippen molar-refractivity contribution in [2.75, 3.05) is 4.90 Å². The van der Waals surface area contributed by atoms with E-state index in [1.165, 1.54) is 16.9 Å². The number of nitrogens with two attached hydrogens (primary N) is 1. The largest absolute Gasteiger partial charge is 0.384 e. The number of hydrogen-bond acceptors (Lipinski definition) is 8. The number of Topliss-reactive ketones (excluding diaryl/α,β-unsaturated/α-hetero) is 1. The molecule has 0 saturated heterocycles. The first-order valence-corrected chi connectivity index (χ1v) is 13.2. The normalized spacial score (nSPS) is 19.5. The molecule has 5 rings (SSSR count). The van der Waals surface area contributed by atoms with Crippen LogP contribution in [0.25, 0.3) is 0 Å². The summed E-state index contributed by atoms with van der Waals surface area (Å²) in [6.07, 6.45) is 1.08. The predicted molar refractivity (Wildman–Crippen MR) is 139 cm³/mol. The van der Waals surface area contributed by atoms with Gasteiger partial charge in [-0.2, -0.15) is 5.26 Å². The Kier molecular flexibility index (Phi) is 6.22. The van der Waals surface area contributed by atoms with Crippen molar-refractivity contribution in [1.82, 2.24) is 10.2 Å². The molecule has 35 heavy (non-hydrogen) atoms. The van der Waals surface area contributed by atoms with Crippen molar-refractivity contribution in [3.63, 3.8) is 0 Å². The van der Waals surface area contributed by atoms with Gasteiger partial charge < -0.3 is 5.73 Å². The lowest BCUT2D eigenvalue weighted by molar-refractivity contribution is -0.118. The molecule has 8 heteroatoms. The summed E-state index contributed by atoms with van der Waals surface area (Å²) in [4.78, 5) is 15.3. The molecule has 1 aromatic heterocycles. The third kappa shape index (κ3) is 4.49. The Morgan fingerprint density at radius 2 is 1.80 bits per heavy atom. The van der Waals surface area contributed by atoms with Crippen molar-refractivity contribution < 1.29 is 4.79 Å². The van der Waals surface area contributed by atoms with Gasteiger partial charge in [0.05, 0.1) is 17.6 Å². The highest BCUT2D eigenvalue weighted by molar-refractivity contribution is 8.00. The van der Waals surface area contributed by atoms with E-state index in [9.17, 15) is 10.1 Å². The summed E-state index contributed by atoms with van der Waals surface area (Å²) in [5.74, 6) is 0.676. The SMILES string of the molecule is CC1(C)CC(=O)C2=C(C1)N(c1nnc(SCc3ccccc3)s1)C(N)=C(C#N)C2c1ccccc1. The predicted octanol–water partition coefficient (Wildman–Crippen LogP) is 5.77. The van der Waals surface area contributed by atoms with Crippen molar-refractivity contribution in [3.8, 4) is 6.07 Å². The Labute approximate surface area is 213 Å². The highest BCUT2D eigenvalue weighted by atomic mass is 32.2. The van der Waals surface area contributed by atoms with Crippen LogP contribution in [-0.4, -0.2) is 16.0 Å². The number of anilines is 1. The molecule has 2 aliphatic rings. The zero-order valence-corrected chi connectivity index (χ0v) is 21.2. The summed E-state index contributed by atoms with van der Waals surface area (Å²) in [5.41, 5.74) is 10.4. The van der Waals surface area contributed by atoms with E-state index in [0.29, 0.717) is 34.9 Å². The number of carbonyl (C=O) groups excluding carboxylic acids is 1. The summed E-state index contributed by atoms with van der Waals surface area (Å²) in [5, 5.41) is 19.6. The van der Waals surface area contributed by atoms with Gasteiger partial charge in [-0.05, 0) is 23.0 Å². The zero-order chi connectivity index (χ0) is 24.6. The van der Waals surface area contributed by atoms with Crippen molar-refractivity contribution in [2.45, 2.75) is 42.7 Å². The van der Waals surface area contributed by atoms with Gasteiger partial charge in [0.1, 0.15) is 5.82 Å². The van der Waals surface area contributed by atoms with Gasteiger partial charge in [0.15, 0.2) is 10.1 Å². The molecule has 2 N–H and O–H groups in total. The average Bonchev–Trinajstić information content (AvgIpc) is 3.31. The Balaban J connectivity index is 1.57. The number of nitriles is 1. The lowest BCUT2D eigenvalue weighted by Gasteiger charge is -2.42. The number of carbonyl (C=O) groups is 1. The second-order valence-electron chi connectivity index (χ2n) is 9.52. The smallest absolute Gasteiger partial charge is 0.219 e. The number of allylic oxidation sites excluding steroid dienone is 3. The molecule has 176 valence electrons. The summed E-state index contributed by atoms with van der Waals surface area (Å²) >= 11 is 3.03. The Morgan fingerprint density at radius 1 is 1.11 bits per heavy atom. The number of aromatic nitrogens is 2. The number of hydrogen-bond donors (Lipinski definition) is 1. The van der Waals surface area contributed by atoms with Crippen LogP contribution < -0.4 is 10.6 Å². The van der Waals surface area contributed by atoms with E-state index >= 15 is 0 Å². The molecular formula is C27H25N5OS2. The monoisotopic (exact) mass is 499 g/mol. The molecule has 0 fully saturated rings. The second-order valence-corrected chi connectivity index (χ2v) is 11.7. The van der Waals surface area contributed by atoms with Crippen LogP contribution in [-0.2, 0) is 10.5 Å². The fourth-order valence-corrected chi connectivity index (χ4v) is 6.61. The van der Waals surface area contributed by atoms with Crippen LogP contribution in [0.2, 0.25) is 0 Å². The van der Waals surface area contributed by atoms with Gasteiger partial charge in [-0.15, -0.1) is 10.2 Å². The maximum atomic E-state index is 13.5. The van der Waals surface area contributed by atoms with Crippen LogP contribution in [0.4, 0.5) is 5.13 Å². The topological polar surface area (TPSA) is 95.9 Å². The Bertz CT molecular complexity index is 1370. The van der Waals surface area contributed by atoms with Crippen LogP contribution in [0.1, 0.15) is 43.7 Å². The van der Waals surface area contributed by atoms with Crippen molar-refractivity contribution in [2.24, 2.45) is 11.1 Å². The lowest BCUT2D eigenvalue weighted by atomic mass is 9.69. The van der Waals surface area contributed by atoms with Gasteiger partial charge in [0, 0.05) is 23.4 Å². The zero-order valence-electron chi connectivity index (χ0n) is 19.6. The minimum Gasteiger partial charge on any atom is -0.384 e. The number of benzene rings is 2. The second kappa shape index (κ2) is 9.33. The molecule has 0 amide bonds. The van der Waals surface area contributed by atoms with Gasteiger partial charge in [0.2, 0.25) is 5.13 Å². The maximum absolute atomic E-state index is 13.5. The van der Waals surface area contributed by atoms with Gasteiger partial charge in [0.25, 0.3) is 0 Å². The molecule has 1 aliphatic carbocycles. The van der Waals surface area contributed by atoms with E-state index in [1.54, 1.807) is 16.7 Å². The molecule has 1 aliphatic heterocycles. The molecule has 6 nitrogen and oxygen atoms in total. The van der Waals surface area contributed by atoms with Gasteiger partial charge in [-0.25, -0.2) is 0 Å². The number of thioether (sulfide) groups is 1. The van der Waals surface area contributed by atoms with Crippen molar-refractivity contribution >= 4 is 34.0 Å². The molecule has 2 heterocycles. The van der Waals surface area contributed by atoms with E-state index in [-0.39, 0.29) is 11.2 Å². The lowest BCUT2D eigenvalue weighted by Crippen LogP contribution is -2.42. The molecule has 1 atom stereocenters. The molecule has 0 radical (unpaired) electrons. The third-order valence-corrected chi connectivity index (χ3v) is 8.42.